The molecule has 3 amide bonds. The number of amides is 3. The molecule has 42 heavy (non-hydrogen) atoms. The van der Waals surface area contributed by atoms with Crippen molar-refractivity contribution in [3.63, 3.8) is 0 Å². The smallest absolute Gasteiger partial charge is 0.326 e. The van der Waals surface area contributed by atoms with Crippen LogP contribution in [-0.2, 0) is 35.2 Å². The number of guanidine groups is 1. The number of aliphatic carboxylic acids is 3. The highest BCUT2D eigenvalue weighted by Gasteiger charge is 2.32. The van der Waals surface area contributed by atoms with Crippen LogP contribution >= 0.6 is 0 Å². The quantitative estimate of drug-likeness (QED) is 0.0523. The van der Waals surface area contributed by atoms with Crippen LogP contribution < -0.4 is 33.2 Å². The van der Waals surface area contributed by atoms with Crippen molar-refractivity contribution in [1.29, 1.82) is 0 Å². The minimum absolute atomic E-state index is 0.0508. The number of rotatable bonds is 17. The van der Waals surface area contributed by atoms with Crippen LogP contribution in [0.2, 0.25) is 0 Å². The van der Waals surface area contributed by atoms with Gasteiger partial charge in [0.1, 0.15) is 18.1 Å². The number of nitrogens with one attached hydrogen (secondary N) is 4. The second-order valence-corrected chi connectivity index (χ2v) is 9.34. The minimum Gasteiger partial charge on any atom is -0.481 e. The van der Waals surface area contributed by atoms with E-state index >= 15 is 0 Å². The van der Waals surface area contributed by atoms with E-state index in [0.717, 1.165) is 5.52 Å². The molecule has 17 nitrogen and oxygen atoms in total. The number of aromatic nitrogens is 1. The lowest BCUT2D eigenvalue weighted by Crippen LogP contribution is -2.58. The molecule has 13 N–H and O–H groups in total. The Morgan fingerprint density at radius 1 is 0.833 bits per heavy atom. The number of H-pyrrole nitrogens is 1. The standard InChI is InChI=1S/C25H34N8O9/c26-14(9-19(34)35)21(38)32-18(10-20(36)37)23(40)33-17(8-12-11-30-15-5-2-1-4-13(12)15)22(39)31-16(24(41)42)6-3-7-29-25(27)28/h1-2,4-5,11,14,16-18,30H,3,6-10,26H2,(H,31,39)(H,32,38)(H,33,40)(H,34,35)(H,36,37)(H,41,42)(H4,27,28,29). The van der Waals surface area contributed by atoms with Gasteiger partial charge < -0.3 is 53.5 Å². The van der Waals surface area contributed by atoms with Gasteiger partial charge in [-0.05, 0) is 24.5 Å². The first-order valence-corrected chi connectivity index (χ1v) is 12.7. The zero-order valence-corrected chi connectivity index (χ0v) is 22.4. The minimum atomic E-state index is -1.73. The predicted molar refractivity (Wildman–Crippen MR) is 148 cm³/mol. The van der Waals surface area contributed by atoms with Crippen LogP contribution in [0.15, 0.2) is 35.5 Å². The molecule has 4 atom stereocenters. The molecule has 1 aromatic heterocycles. The number of fused-ring (bicyclic) bond motifs is 1. The van der Waals surface area contributed by atoms with E-state index in [1.54, 1.807) is 30.5 Å². The van der Waals surface area contributed by atoms with Gasteiger partial charge in [0.15, 0.2) is 5.96 Å². The number of aliphatic imine (C=N–C) groups is 1. The fraction of sp³-hybridized carbons (Fsp3) is 0.400. The molecule has 0 spiro atoms. The van der Waals surface area contributed by atoms with Gasteiger partial charge in [0.25, 0.3) is 0 Å². The maximum absolute atomic E-state index is 13.3. The molecule has 0 saturated carbocycles. The van der Waals surface area contributed by atoms with E-state index in [1.807, 2.05) is 0 Å². The molecule has 2 aromatic rings. The van der Waals surface area contributed by atoms with E-state index in [9.17, 15) is 39.0 Å². The number of hydrogen-bond acceptors (Lipinski definition) is 8. The summed E-state index contributed by atoms with van der Waals surface area (Å²) >= 11 is 0. The van der Waals surface area contributed by atoms with Gasteiger partial charge in [-0.3, -0.25) is 29.0 Å². The van der Waals surface area contributed by atoms with Crippen LogP contribution in [0.3, 0.4) is 0 Å². The van der Waals surface area contributed by atoms with Crippen LogP contribution in [0.1, 0.15) is 31.2 Å². The zero-order valence-electron chi connectivity index (χ0n) is 22.4. The Hall–Kier alpha value is -5.19. The summed E-state index contributed by atoms with van der Waals surface area (Å²) in [6.07, 6.45) is -0.0841. The van der Waals surface area contributed by atoms with E-state index in [2.05, 4.69) is 25.9 Å². The normalized spacial score (nSPS) is 13.6. The Morgan fingerprint density at radius 3 is 2.05 bits per heavy atom. The van der Waals surface area contributed by atoms with Gasteiger partial charge in [0.2, 0.25) is 17.7 Å². The molecule has 0 radical (unpaired) electrons. The average molecular weight is 591 g/mol. The predicted octanol–water partition coefficient (Wildman–Crippen LogP) is -2.42. The highest BCUT2D eigenvalue weighted by Crippen LogP contribution is 2.19. The second-order valence-electron chi connectivity index (χ2n) is 9.34. The number of carbonyl (C=O) groups is 6. The SMILES string of the molecule is NC(N)=NCCCC(NC(=O)C(Cc1c[nH]c2ccccc12)NC(=O)C(CC(=O)O)NC(=O)C(N)CC(=O)O)C(=O)O. The Labute approximate surface area is 238 Å². The number of carboxylic acids is 3. The second kappa shape index (κ2) is 15.6. The number of nitrogens with two attached hydrogens (primary N) is 3. The van der Waals surface area contributed by atoms with E-state index in [-0.39, 0.29) is 31.8 Å². The molecule has 2 rings (SSSR count). The van der Waals surface area contributed by atoms with E-state index in [4.69, 9.17) is 22.3 Å². The van der Waals surface area contributed by atoms with Crippen molar-refractivity contribution in [3.05, 3.63) is 36.0 Å². The molecule has 0 aliphatic rings. The summed E-state index contributed by atoms with van der Waals surface area (Å²) in [6, 6.07) is 0.970. The summed E-state index contributed by atoms with van der Waals surface area (Å²) in [5, 5.41) is 35.4. The third-order valence-corrected chi connectivity index (χ3v) is 6.03. The monoisotopic (exact) mass is 590 g/mol. The van der Waals surface area contributed by atoms with E-state index < -0.39 is 72.6 Å². The van der Waals surface area contributed by atoms with Gasteiger partial charge in [0, 0.05) is 30.1 Å². The lowest BCUT2D eigenvalue weighted by atomic mass is 10.0. The average Bonchev–Trinajstić information content (AvgIpc) is 3.31. The molecule has 4 unspecified atom stereocenters. The lowest BCUT2D eigenvalue weighted by molar-refractivity contribution is -0.143. The number of carboxylic acid groups (broad SMARTS) is 3. The molecule has 1 heterocycles. The van der Waals surface area contributed by atoms with E-state index in [0.29, 0.717) is 10.9 Å². The van der Waals surface area contributed by atoms with Crippen molar-refractivity contribution >= 4 is 52.5 Å². The number of aromatic amines is 1. The Bertz CT molecular complexity index is 1340. The summed E-state index contributed by atoms with van der Waals surface area (Å²) < 4.78 is 0. The summed E-state index contributed by atoms with van der Waals surface area (Å²) in [5.74, 6) is -7.49. The highest BCUT2D eigenvalue weighted by molar-refractivity contribution is 5.96. The van der Waals surface area contributed by atoms with Gasteiger partial charge in [-0.2, -0.15) is 0 Å². The largest absolute Gasteiger partial charge is 0.481 e. The van der Waals surface area contributed by atoms with Crippen LogP contribution in [0.4, 0.5) is 0 Å². The molecular formula is C25H34N8O9. The Morgan fingerprint density at radius 2 is 1.43 bits per heavy atom. The van der Waals surface area contributed by atoms with Crippen LogP contribution in [0.5, 0.6) is 0 Å². The Balaban J connectivity index is 2.31. The van der Waals surface area contributed by atoms with Crippen molar-refractivity contribution in [2.75, 3.05) is 6.54 Å². The molecule has 1 aromatic carbocycles. The summed E-state index contributed by atoms with van der Waals surface area (Å²) in [6.45, 7) is 0.109. The maximum atomic E-state index is 13.3. The molecule has 17 heteroatoms. The Kier molecular flexibility index (Phi) is 12.2. The fourth-order valence-corrected chi connectivity index (χ4v) is 3.98. The number of benzene rings is 1. The van der Waals surface area contributed by atoms with Crippen LogP contribution in [0, 0.1) is 0 Å². The summed E-state index contributed by atoms with van der Waals surface area (Å²) in [4.78, 5) is 79.8. The summed E-state index contributed by atoms with van der Waals surface area (Å²) in [7, 11) is 0. The topological polar surface area (TPSA) is 305 Å². The lowest BCUT2D eigenvalue weighted by Gasteiger charge is -2.24. The van der Waals surface area contributed by atoms with Gasteiger partial charge in [-0.25, -0.2) is 4.79 Å². The molecule has 0 bridgehead atoms. The van der Waals surface area contributed by atoms with Crippen LogP contribution in [0.25, 0.3) is 10.9 Å². The van der Waals surface area contributed by atoms with Crippen molar-refractivity contribution < 1.29 is 44.1 Å². The molecular weight excluding hydrogens is 556 g/mol. The van der Waals surface area contributed by atoms with Gasteiger partial charge in [0.05, 0.1) is 18.9 Å². The first-order chi connectivity index (χ1) is 19.8. The van der Waals surface area contributed by atoms with Crippen LogP contribution in [-0.4, -0.2) is 92.6 Å². The number of carbonyl (C=O) groups excluding carboxylic acids is 3. The fourth-order valence-electron chi connectivity index (χ4n) is 3.98. The maximum Gasteiger partial charge on any atom is 0.326 e. The third-order valence-electron chi connectivity index (χ3n) is 6.03. The first-order valence-electron chi connectivity index (χ1n) is 12.7. The molecule has 0 saturated heterocycles. The molecule has 228 valence electrons. The highest BCUT2D eigenvalue weighted by atomic mass is 16.4. The van der Waals surface area contributed by atoms with Crippen molar-refractivity contribution in [2.24, 2.45) is 22.2 Å². The van der Waals surface area contributed by atoms with Crippen molar-refractivity contribution in [2.45, 2.75) is 56.3 Å². The van der Waals surface area contributed by atoms with E-state index in [1.165, 1.54) is 0 Å². The molecule has 0 aliphatic heterocycles. The summed E-state index contributed by atoms with van der Waals surface area (Å²) in [5.41, 5.74) is 17.4. The van der Waals surface area contributed by atoms with Gasteiger partial charge in [-0.15, -0.1) is 0 Å². The number of nitrogens with zero attached hydrogens (tertiary/aromatic N) is 1. The number of para-hydroxylation sites is 1. The van der Waals surface area contributed by atoms with Crippen molar-refractivity contribution in [3.8, 4) is 0 Å². The number of hydrogen-bond donors (Lipinski definition) is 10. The molecule has 0 fully saturated rings. The van der Waals surface area contributed by atoms with Gasteiger partial charge >= 0.3 is 17.9 Å². The third kappa shape index (κ3) is 10.4. The van der Waals surface area contributed by atoms with Gasteiger partial charge in [-0.1, -0.05) is 18.2 Å². The first kappa shape index (κ1) is 33.0. The van der Waals surface area contributed by atoms with Crippen molar-refractivity contribution in [1.82, 2.24) is 20.9 Å². The zero-order chi connectivity index (χ0) is 31.4. The molecule has 0 aliphatic carbocycles.